The maximum Gasteiger partial charge on any atom is 0.0934 e. The van der Waals surface area contributed by atoms with Crippen LogP contribution in [0.15, 0.2) is 47.2 Å². The second kappa shape index (κ2) is 7.23. The Morgan fingerprint density at radius 2 is 1.76 bits per heavy atom. The van der Waals surface area contributed by atoms with Crippen molar-refractivity contribution in [2.45, 2.75) is 33.6 Å². The van der Waals surface area contributed by atoms with Crippen LogP contribution in [0.1, 0.15) is 36.6 Å². The van der Waals surface area contributed by atoms with Crippen molar-refractivity contribution in [3.63, 3.8) is 0 Å². The van der Waals surface area contributed by atoms with Crippen LogP contribution in [0.5, 0.6) is 0 Å². The fraction of sp³-hybridized carbons (Fsp3) is 0.278. The Bertz CT molecular complexity index is 665. The molecule has 1 aromatic carbocycles. The summed E-state index contributed by atoms with van der Waals surface area (Å²) >= 11 is 1.72. The molecule has 21 heavy (non-hydrogen) atoms. The highest BCUT2D eigenvalue weighted by Gasteiger charge is 2.08. The van der Waals surface area contributed by atoms with Crippen LogP contribution in [0.2, 0.25) is 0 Å². The molecule has 0 aliphatic carbocycles. The van der Waals surface area contributed by atoms with Gasteiger partial charge in [0.2, 0.25) is 0 Å². The van der Waals surface area contributed by atoms with E-state index in [1.807, 2.05) is 18.2 Å². The second-order valence-corrected chi connectivity index (χ2v) is 6.23. The summed E-state index contributed by atoms with van der Waals surface area (Å²) < 4.78 is 0. The highest BCUT2D eigenvalue weighted by atomic mass is 32.1. The molecule has 2 nitrogen and oxygen atoms in total. The Balaban J connectivity index is 0.000000194. The normalized spacial score (nSPS) is 10.3. The van der Waals surface area contributed by atoms with Gasteiger partial charge < -0.3 is 0 Å². The lowest BCUT2D eigenvalue weighted by atomic mass is 10.1. The van der Waals surface area contributed by atoms with E-state index >= 15 is 0 Å². The minimum atomic E-state index is 0.509. The van der Waals surface area contributed by atoms with Gasteiger partial charge in [-0.2, -0.15) is 16.4 Å². The lowest BCUT2D eigenvalue weighted by molar-refractivity contribution is 0.811. The maximum absolute atomic E-state index is 4.32. The van der Waals surface area contributed by atoms with Gasteiger partial charge in [-0.25, -0.2) is 0 Å². The molecular weight excluding hydrogens is 276 g/mol. The number of aromatic amines is 1. The largest absolute Gasteiger partial charge is 0.282 e. The third kappa shape index (κ3) is 4.30. The Morgan fingerprint density at radius 1 is 1.05 bits per heavy atom. The highest BCUT2D eigenvalue weighted by molar-refractivity contribution is 7.08. The molecule has 1 N–H and O–H groups in total. The van der Waals surface area contributed by atoms with E-state index in [9.17, 15) is 0 Å². The first-order valence-electron chi connectivity index (χ1n) is 7.18. The van der Waals surface area contributed by atoms with Gasteiger partial charge in [0.25, 0.3) is 0 Å². The average molecular weight is 298 g/mol. The molecule has 2 aromatic heterocycles. The SMILES string of the molecule is Cc1ccccc1.Cc1cscc1-c1cc(C(C)C)[nH]n1. The smallest absolute Gasteiger partial charge is 0.0934 e. The van der Waals surface area contributed by atoms with Crippen molar-refractivity contribution in [1.82, 2.24) is 10.2 Å². The molecule has 0 fully saturated rings. The summed E-state index contributed by atoms with van der Waals surface area (Å²) in [6.45, 7) is 8.53. The lowest BCUT2D eigenvalue weighted by Gasteiger charge is -1.96. The summed E-state index contributed by atoms with van der Waals surface area (Å²) in [4.78, 5) is 0. The molecule has 3 aromatic rings. The summed E-state index contributed by atoms with van der Waals surface area (Å²) in [5.74, 6) is 0.509. The molecule has 3 rings (SSSR count). The van der Waals surface area contributed by atoms with Gasteiger partial charge in [0.15, 0.2) is 0 Å². The molecule has 3 heteroatoms. The van der Waals surface area contributed by atoms with Gasteiger partial charge in [-0.1, -0.05) is 49.7 Å². The quantitative estimate of drug-likeness (QED) is 0.658. The predicted octanol–water partition coefficient (Wildman–Crippen LogP) is 5.57. The number of hydrogen-bond donors (Lipinski definition) is 1. The molecule has 0 spiro atoms. The monoisotopic (exact) mass is 298 g/mol. The zero-order valence-corrected chi connectivity index (χ0v) is 13.9. The van der Waals surface area contributed by atoms with Crippen LogP contribution >= 0.6 is 11.3 Å². The van der Waals surface area contributed by atoms with Crippen molar-refractivity contribution in [1.29, 1.82) is 0 Å². The number of nitrogens with one attached hydrogen (secondary N) is 1. The molecule has 0 unspecified atom stereocenters. The number of aryl methyl sites for hydroxylation is 2. The van der Waals surface area contributed by atoms with E-state index in [2.05, 4.69) is 66.9 Å². The molecule has 2 heterocycles. The van der Waals surface area contributed by atoms with Crippen LogP contribution in [0.3, 0.4) is 0 Å². The highest BCUT2D eigenvalue weighted by Crippen LogP contribution is 2.26. The van der Waals surface area contributed by atoms with Gasteiger partial charge in [0.05, 0.1) is 5.69 Å². The van der Waals surface area contributed by atoms with E-state index in [0.29, 0.717) is 5.92 Å². The number of aromatic nitrogens is 2. The van der Waals surface area contributed by atoms with Crippen LogP contribution in [0.4, 0.5) is 0 Å². The number of nitrogens with zero attached hydrogens (tertiary/aromatic N) is 1. The van der Waals surface area contributed by atoms with Gasteiger partial charge >= 0.3 is 0 Å². The maximum atomic E-state index is 4.32. The van der Waals surface area contributed by atoms with Gasteiger partial charge in [-0.3, -0.25) is 5.10 Å². The molecule has 0 radical (unpaired) electrons. The molecule has 0 aliphatic rings. The summed E-state index contributed by atoms with van der Waals surface area (Å²) in [5.41, 5.74) is 6.13. The standard InChI is InChI=1S/C11H14N2S.C7H8/c1-7(2)10-4-11(13-12-10)9-6-14-5-8(9)3;1-7-5-3-2-4-6-7/h4-7H,1-3H3,(H,12,13);2-6H,1H3. The summed E-state index contributed by atoms with van der Waals surface area (Å²) in [7, 11) is 0. The molecule has 0 atom stereocenters. The van der Waals surface area contributed by atoms with Gasteiger partial charge in [-0.05, 0) is 36.8 Å². The molecular formula is C18H22N2S. The Hall–Kier alpha value is -1.87. The summed E-state index contributed by atoms with van der Waals surface area (Å²) in [5, 5.41) is 11.7. The Kier molecular flexibility index (Phi) is 5.34. The van der Waals surface area contributed by atoms with Crippen molar-refractivity contribution >= 4 is 11.3 Å². The summed E-state index contributed by atoms with van der Waals surface area (Å²) in [6.07, 6.45) is 0. The van der Waals surface area contributed by atoms with Crippen molar-refractivity contribution < 1.29 is 0 Å². The lowest BCUT2D eigenvalue weighted by Crippen LogP contribution is -1.85. The fourth-order valence-corrected chi connectivity index (χ4v) is 2.77. The zero-order valence-electron chi connectivity index (χ0n) is 13.1. The zero-order chi connectivity index (χ0) is 15.2. The van der Waals surface area contributed by atoms with Crippen LogP contribution in [0, 0.1) is 13.8 Å². The summed E-state index contributed by atoms with van der Waals surface area (Å²) in [6, 6.07) is 12.4. The number of rotatable bonds is 2. The molecule has 0 saturated carbocycles. The van der Waals surface area contributed by atoms with Gasteiger partial charge in [0, 0.05) is 16.6 Å². The van der Waals surface area contributed by atoms with Gasteiger partial charge in [0.1, 0.15) is 0 Å². The average Bonchev–Trinajstić information content (AvgIpc) is 3.08. The molecule has 110 valence electrons. The van der Waals surface area contributed by atoms with Crippen LogP contribution in [-0.4, -0.2) is 10.2 Å². The van der Waals surface area contributed by atoms with E-state index in [-0.39, 0.29) is 0 Å². The van der Waals surface area contributed by atoms with Crippen LogP contribution in [-0.2, 0) is 0 Å². The van der Waals surface area contributed by atoms with E-state index in [1.54, 1.807) is 11.3 Å². The number of benzene rings is 1. The Labute approximate surface area is 130 Å². The molecule has 0 amide bonds. The fourth-order valence-electron chi connectivity index (χ4n) is 1.93. The van der Waals surface area contributed by atoms with Crippen molar-refractivity contribution in [2.75, 3.05) is 0 Å². The van der Waals surface area contributed by atoms with Crippen molar-refractivity contribution in [2.24, 2.45) is 0 Å². The molecule has 0 aliphatic heterocycles. The first-order valence-corrected chi connectivity index (χ1v) is 8.12. The minimum absolute atomic E-state index is 0.509. The number of hydrogen-bond acceptors (Lipinski definition) is 2. The van der Waals surface area contributed by atoms with Crippen LogP contribution < -0.4 is 0 Å². The van der Waals surface area contributed by atoms with E-state index in [4.69, 9.17) is 0 Å². The van der Waals surface area contributed by atoms with E-state index in [0.717, 1.165) is 5.69 Å². The molecule has 0 bridgehead atoms. The number of H-pyrrole nitrogens is 1. The predicted molar refractivity (Wildman–Crippen MR) is 91.9 cm³/mol. The first kappa shape index (κ1) is 15.5. The minimum Gasteiger partial charge on any atom is -0.282 e. The third-order valence-electron chi connectivity index (χ3n) is 3.29. The number of thiophene rings is 1. The second-order valence-electron chi connectivity index (χ2n) is 5.49. The van der Waals surface area contributed by atoms with Crippen LogP contribution in [0.25, 0.3) is 11.3 Å². The first-order chi connectivity index (χ1) is 10.1. The van der Waals surface area contributed by atoms with E-state index < -0.39 is 0 Å². The third-order valence-corrected chi connectivity index (χ3v) is 4.15. The van der Waals surface area contributed by atoms with E-state index in [1.165, 1.54) is 22.4 Å². The topological polar surface area (TPSA) is 28.7 Å². The van der Waals surface area contributed by atoms with Gasteiger partial charge in [-0.15, -0.1) is 0 Å². The molecule has 0 saturated heterocycles. The Morgan fingerprint density at radius 3 is 2.19 bits per heavy atom. The van der Waals surface area contributed by atoms with Crippen molar-refractivity contribution in [3.05, 3.63) is 64.0 Å². The van der Waals surface area contributed by atoms with Crippen molar-refractivity contribution in [3.8, 4) is 11.3 Å².